The Kier molecular flexibility index (Phi) is 6.01. The Morgan fingerprint density at radius 3 is 2.74 bits per heavy atom. The normalized spacial score (nSPS) is 22.8. The number of carbonyl (C=O) groups is 1. The summed E-state index contributed by atoms with van der Waals surface area (Å²) in [7, 11) is 0. The molecule has 2 fully saturated rings. The molecule has 144 valence electrons. The first-order valence-electron chi connectivity index (χ1n) is 10.2. The molecule has 2 aliphatic heterocycles. The first-order valence-corrected chi connectivity index (χ1v) is 11.0. The van der Waals surface area contributed by atoms with Gasteiger partial charge in [-0.25, -0.2) is 0 Å². The number of likely N-dealkylation sites (tertiary alicyclic amines) is 2. The zero-order chi connectivity index (χ0) is 18.6. The van der Waals surface area contributed by atoms with Crippen molar-refractivity contribution in [2.24, 2.45) is 5.92 Å². The van der Waals surface area contributed by atoms with Crippen molar-refractivity contribution in [1.29, 1.82) is 0 Å². The average molecular weight is 384 g/mol. The highest BCUT2D eigenvalue weighted by molar-refractivity contribution is 7.12. The van der Waals surface area contributed by atoms with Crippen molar-refractivity contribution in [2.75, 3.05) is 26.2 Å². The van der Waals surface area contributed by atoms with E-state index in [0.717, 1.165) is 61.7 Å². The van der Waals surface area contributed by atoms with Crippen LogP contribution in [-0.4, -0.2) is 52.8 Å². The SMILES string of the molecule is Cc1ccsc1C(=O)[C@H]1CCCN(C2CCN(Cc3ccccn3)CC2)C1. The van der Waals surface area contributed by atoms with Gasteiger partial charge in [0.25, 0.3) is 0 Å². The van der Waals surface area contributed by atoms with Gasteiger partial charge in [-0.15, -0.1) is 11.3 Å². The Morgan fingerprint density at radius 1 is 1.19 bits per heavy atom. The average Bonchev–Trinajstić information content (AvgIpc) is 3.15. The van der Waals surface area contributed by atoms with Crippen LogP contribution in [-0.2, 0) is 6.54 Å². The molecular weight excluding hydrogens is 354 g/mol. The van der Waals surface area contributed by atoms with Gasteiger partial charge in [-0.3, -0.25) is 19.6 Å². The molecule has 0 unspecified atom stereocenters. The topological polar surface area (TPSA) is 36.4 Å². The zero-order valence-corrected chi connectivity index (χ0v) is 17.0. The molecule has 2 aliphatic rings. The Balaban J connectivity index is 1.30. The lowest BCUT2D eigenvalue weighted by atomic mass is 9.90. The van der Waals surface area contributed by atoms with Gasteiger partial charge in [0.05, 0.1) is 10.6 Å². The highest BCUT2D eigenvalue weighted by atomic mass is 32.1. The van der Waals surface area contributed by atoms with Crippen LogP contribution in [0.25, 0.3) is 0 Å². The van der Waals surface area contributed by atoms with Gasteiger partial charge in [0.1, 0.15) is 0 Å². The van der Waals surface area contributed by atoms with Gasteiger partial charge < -0.3 is 0 Å². The maximum Gasteiger partial charge on any atom is 0.177 e. The third-order valence-electron chi connectivity index (χ3n) is 6.09. The van der Waals surface area contributed by atoms with Gasteiger partial charge in [-0.05, 0) is 68.3 Å². The van der Waals surface area contributed by atoms with Gasteiger partial charge in [-0.1, -0.05) is 6.07 Å². The number of carbonyl (C=O) groups excluding carboxylic acids is 1. The van der Waals surface area contributed by atoms with Crippen LogP contribution in [0.4, 0.5) is 0 Å². The Morgan fingerprint density at radius 2 is 2.04 bits per heavy atom. The lowest BCUT2D eigenvalue weighted by molar-refractivity contribution is 0.0585. The monoisotopic (exact) mass is 383 g/mol. The summed E-state index contributed by atoms with van der Waals surface area (Å²) in [5.41, 5.74) is 2.30. The fourth-order valence-electron chi connectivity index (χ4n) is 4.53. The first-order chi connectivity index (χ1) is 13.2. The number of aromatic nitrogens is 1. The summed E-state index contributed by atoms with van der Waals surface area (Å²) in [4.78, 5) is 23.5. The summed E-state index contributed by atoms with van der Waals surface area (Å²) in [6.45, 7) is 7.36. The second-order valence-electron chi connectivity index (χ2n) is 7.96. The molecule has 4 heterocycles. The van der Waals surface area contributed by atoms with Crippen LogP contribution in [0.2, 0.25) is 0 Å². The van der Waals surface area contributed by atoms with Crippen molar-refractivity contribution in [3.63, 3.8) is 0 Å². The highest BCUT2D eigenvalue weighted by Gasteiger charge is 2.32. The molecule has 4 nitrogen and oxygen atoms in total. The summed E-state index contributed by atoms with van der Waals surface area (Å²) in [5.74, 6) is 0.558. The van der Waals surface area contributed by atoms with E-state index in [2.05, 4.69) is 39.9 Å². The van der Waals surface area contributed by atoms with Crippen LogP contribution in [0.1, 0.15) is 46.6 Å². The number of hydrogen-bond donors (Lipinski definition) is 0. The first kappa shape index (κ1) is 18.8. The van der Waals surface area contributed by atoms with Crippen molar-refractivity contribution >= 4 is 17.1 Å². The minimum atomic E-state index is 0.183. The fraction of sp³-hybridized carbons (Fsp3) is 0.545. The predicted molar refractivity (Wildman–Crippen MR) is 110 cm³/mol. The molecule has 0 saturated carbocycles. The van der Waals surface area contributed by atoms with E-state index in [0.29, 0.717) is 11.8 Å². The van der Waals surface area contributed by atoms with E-state index in [1.54, 1.807) is 11.3 Å². The third-order valence-corrected chi connectivity index (χ3v) is 7.13. The number of piperidine rings is 2. The quantitative estimate of drug-likeness (QED) is 0.731. The van der Waals surface area contributed by atoms with Gasteiger partial charge in [0.15, 0.2) is 5.78 Å². The number of hydrogen-bond acceptors (Lipinski definition) is 5. The molecule has 0 bridgehead atoms. The molecule has 2 aromatic rings. The number of rotatable bonds is 5. The van der Waals surface area contributed by atoms with E-state index in [4.69, 9.17) is 0 Å². The third kappa shape index (κ3) is 4.48. The van der Waals surface area contributed by atoms with Crippen molar-refractivity contribution in [3.05, 3.63) is 52.0 Å². The molecule has 0 spiro atoms. The number of nitrogens with zero attached hydrogens (tertiary/aromatic N) is 3. The maximum atomic E-state index is 12.9. The Hall–Kier alpha value is -1.56. The van der Waals surface area contributed by atoms with E-state index < -0.39 is 0 Å². The molecular formula is C22H29N3OS. The van der Waals surface area contributed by atoms with E-state index >= 15 is 0 Å². The summed E-state index contributed by atoms with van der Waals surface area (Å²) in [6, 6.07) is 8.84. The smallest absolute Gasteiger partial charge is 0.177 e. The highest BCUT2D eigenvalue weighted by Crippen LogP contribution is 2.28. The number of aryl methyl sites for hydroxylation is 1. The summed E-state index contributed by atoms with van der Waals surface area (Å²) in [5, 5.41) is 2.04. The number of pyridine rings is 1. The summed E-state index contributed by atoms with van der Waals surface area (Å²) >= 11 is 1.61. The van der Waals surface area contributed by atoms with Crippen molar-refractivity contribution in [2.45, 2.75) is 45.2 Å². The molecule has 0 aliphatic carbocycles. The Labute approximate surface area is 166 Å². The molecule has 0 N–H and O–H groups in total. The predicted octanol–water partition coefficient (Wildman–Crippen LogP) is 4.01. The van der Waals surface area contributed by atoms with Gasteiger partial charge in [0, 0.05) is 44.3 Å². The van der Waals surface area contributed by atoms with E-state index in [-0.39, 0.29) is 5.92 Å². The second kappa shape index (κ2) is 8.63. The van der Waals surface area contributed by atoms with Crippen LogP contribution in [0, 0.1) is 12.8 Å². The van der Waals surface area contributed by atoms with E-state index in [1.165, 1.54) is 12.8 Å². The van der Waals surface area contributed by atoms with Crippen LogP contribution >= 0.6 is 11.3 Å². The molecule has 2 saturated heterocycles. The van der Waals surface area contributed by atoms with Crippen molar-refractivity contribution in [3.8, 4) is 0 Å². The van der Waals surface area contributed by atoms with E-state index in [9.17, 15) is 4.79 Å². The number of thiophene rings is 1. The molecule has 27 heavy (non-hydrogen) atoms. The van der Waals surface area contributed by atoms with E-state index in [1.807, 2.05) is 17.6 Å². The molecule has 4 rings (SSSR count). The van der Waals surface area contributed by atoms with Crippen LogP contribution in [0.5, 0.6) is 0 Å². The standard InChI is InChI=1S/C22H29N3OS/c1-17-9-14-27-22(17)21(26)18-5-4-11-25(15-18)20-7-12-24(13-8-20)16-19-6-2-3-10-23-19/h2-3,6,9-10,14,18,20H,4-5,7-8,11-13,15-16H2,1H3/t18-/m0/s1. The number of Topliss-reactive ketones (excluding diaryl/α,β-unsaturated/α-hetero) is 1. The minimum Gasteiger partial charge on any atom is -0.300 e. The Bertz CT molecular complexity index is 752. The fourth-order valence-corrected chi connectivity index (χ4v) is 5.47. The van der Waals surface area contributed by atoms with Crippen LogP contribution in [0.3, 0.4) is 0 Å². The molecule has 0 amide bonds. The van der Waals surface area contributed by atoms with Gasteiger partial charge in [0.2, 0.25) is 0 Å². The summed E-state index contributed by atoms with van der Waals surface area (Å²) < 4.78 is 0. The molecule has 2 aromatic heterocycles. The lowest BCUT2D eigenvalue weighted by Crippen LogP contribution is -2.49. The van der Waals surface area contributed by atoms with Crippen molar-refractivity contribution in [1.82, 2.24) is 14.8 Å². The zero-order valence-electron chi connectivity index (χ0n) is 16.1. The molecule has 0 aromatic carbocycles. The maximum absolute atomic E-state index is 12.9. The largest absolute Gasteiger partial charge is 0.300 e. The number of ketones is 1. The van der Waals surface area contributed by atoms with Crippen molar-refractivity contribution < 1.29 is 4.79 Å². The van der Waals surface area contributed by atoms with Gasteiger partial charge in [-0.2, -0.15) is 0 Å². The van der Waals surface area contributed by atoms with Crippen LogP contribution < -0.4 is 0 Å². The van der Waals surface area contributed by atoms with Crippen LogP contribution in [0.15, 0.2) is 35.8 Å². The minimum absolute atomic E-state index is 0.183. The summed E-state index contributed by atoms with van der Waals surface area (Å²) in [6.07, 6.45) is 6.47. The van der Waals surface area contributed by atoms with Gasteiger partial charge >= 0.3 is 0 Å². The second-order valence-corrected chi connectivity index (χ2v) is 8.88. The molecule has 0 radical (unpaired) electrons. The molecule has 5 heteroatoms. The molecule has 1 atom stereocenters. The lowest BCUT2D eigenvalue weighted by Gasteiger charge is -2.42.